The van der Waals surface area contributed by atoms with Crippen molar-refractivity contribution in [1.29, 1.82) is 0 Å². The Morgan fingerprint density at radius 3 is 2.64 bits per heavy atom. The second-order valence-corrected chi connectivity index (χ2v) is 4.93. The summed E-state index contributed by atoms with van der Waals surface area (Å²) in [6.45, 7) is 0.206. The van der Waals surface area contributed by atoms with Crippen molar-refractivity contribution in [2.45, 2.75) is 12.5 Å². The molecule has 0 N–H and O–H groups in total. The number of nitro benzene ring substituents is 1. The van der Waals surface area contributed by atoms with Crippen LogP contribution in [0.25, 0.3) is 0 Å². The molecule has 0 fully saturated rings. The number of ketones is 1. The average Bonchev–Trinajstić information content (AvgIpc) is 2.53. The molecule has 0 saturated heterocycles. The summed E-state index contributed by atoms with van der Waals surface area (Å²) in [5.74, 6) is 1.09. The van der Waals surface area contributed by atoms with Crippen LogP contribution in [0.15, 0.2) is 48.5 Å². The highest BCUT2D eigenvalue weighted by Gasteiger charge is 2.26. The van der Waals surface area contributed by atoms with Crippen LogP contribution in [0.1, 0.15) is 16.8 Å². The number of rotatable bonds is 4. The van der Waals surface area contributed by atoms with Crippen molar-refractivity contribution in [2.24, 2.45) is 0 Å². The van der Waals surface area contributed by atoms with Crippen molar-refractivity contribution in [3.8, 4) is 11.5 Å². The molecule has 0 radical (unpaired) electrons. The Kier molecular flexibility index (Phi) is 3.74. The minimum Gasteiger partial charge on any atom is -0.490 e. The van der Waals surface area contributed by atoms with E-state index in [-0.39, 0.29) is 30.6 Å². The monoisotopic (exact) mass is 299 g/mol. The van der Waals surface area contributed by atoms with Gasteiger partial charge in [-0.25, -0.2) is 0 Å². The third kappa shape index (κ3) is 2.90. The van der Waals surface area contributed by atoms with Crippen molar-refractivity contribution in [3.63, 3.8) is 0 Å². The molecule has 2 aromatic rings. The highest BCUT2D eigenvalue weighted by atomic mass is 16.6. The Hall–Kier alpha value is -2.89. The van der Waals surface area contributed by atoms with Gasteiger partial charge in [0.15, 0.2) is 5.78 Å². The van der Waals surface area contributed by atoms with Gasteiger partial charge in [0, 0.05) is 12.1 Å². The molecule has 0 aliphatic carbocycles. The number of Topliss-reactive ketones (excluding diaryl/α,β-unsaturated/α-hetero) is 1. The Balaban J connectivity index is 1.63. The lowest BCUT2D eigenvalue weighted by atomic mass is 10.0. The van der Waals surface area contributed by atoms with Gasteiger partial charge >= 0.3 is 0 Å². The van der Waals surface area contributed by atoms with Crippen molar-refractivity contribution in [3.05, 3.63) is 64.2 Å². The van der Waals surface area contributed by atoms with Gasteiger partial charge in [0.1, 0.15) is 24.2 Å². The second kappa shape index (κ2) is 5.85. The highest BCUT2D eigenvalue weighted by Crippen LogP contribution is 2.27. The third-order valence-corrected chi connectivity index (χ3v) is 3.38. The molecule has 1 heterocycles. The van der Waals surface area contributed by atoms with E-state index in [4.69, 9.17) is 9.47 Å². The van der Waals surface area contributed by atoms with Crippen LogP contribution in [-0.4, -0.2) is 23.4 Å². The summed E-state index contributed by atoms with van der Waals surface area (Å²) >= 11 is 0. The summed E-state index contributed by atoms with van der Waals surface area (Å²) in [4.78, 5) is 22.1. The van der Waals surface area contributed by atoms with Crippen LogP contribution in [-0.2, 0) is 0 Å². The standard InChI is InChI=1S/C16H13NO5/c18-15-9-13(22-16-4-2-1-3-14(15)16)10-21-12-7-5-11(6-8-12)17(19)20/h1-8,13H,9-10H2. The van der Waals surface area contributed by atoms with E-state index in [0.717, 1.165) is 0 Å². The number of carbonyl (C=O) groups is 1. The van der Waals surface area contributed by atoms with Gasteiger partial charge in [-0.05, 0) is 24.3 Å². The molecule has 6 heteroatoms. The third-order valence-electron chi connectivity index (χ3n) is 3.38. The van der Waals surface area contributed by atoms with E-state index in [2.05, 4.69) is 0 Å². The predicted molar refractivity (Wildman–Crippen MR) is 78.4 cm³/mol. The zero-order chi connectivity index (χ0) is 15.5. The zero-order valence-electron chi connectivity index (χ0n) is 11.6. The van der Waals surface area contributed by atoms with Crippen LogP contribution in [0.3, 0.4) is 0 Å². The normalized spacial score (nSPS) is 16.5. The lowest BCUT2D eigenvalue weighted by Gasteiger charge is -2.25. The van der Waals surface area contributed by atoms with Crippen LogP contribution >= 0.6 is 0 Å². The predicted octanol–water partition coefficient (Wildman–Crippen LogP) is 3.01. The molecule has 22 heavy (non-hydrogen) atoms. The summed E-state index contributed by atoms with van der Waals surface area (Å²) < 4.78 is 11.3. The average molecular weight is 299 g/mol. The van der Waals surface area contributed by atoms with Crippen LogP contribution in [0, 0.1) is 10.1 Å². The molecule has 1 aliphatic rings. The summed E-state index contributed by atoms with van der Waals surface area (Å²) in [5, 5.41) is 10.6. The Morgan fingerprint density at radius 2 is 1.91 bits per heavy atom. The Bertz CT molecular complexity index is 711. The fourth-order valence-electron chi connectivity index (χ4n) is 2.28. The first kappa shape index (κ1) is 14.1. The summed E-state index contributed by atoms with van der Waals surface area (Å²) in [6.07, 6.45) is -0.109. The largest absolute Gasteiger partial charge is 0.490 e. The van der Waals surface area contributed by atoms with Gasteiger partial charge in [0.2, 0.25) is 0 Å². The highest BCUT2D eigenvalue weighted by molar-refractivity contribution is 5.99. The number of carbonyl (C=O) groups excluding carboxylic acids is 1. The van der Waals surface area contributed by atoms with Crippen molar-refractivity contribution in [1.82, 2.24) is 0 Å². The van der Waals surface area contributed by atoms with E-state index < -0.39 is 4.92 Å². The molecular weight excluding hydrogens is 286 g/mol. The van der Waals surface area contributed by atoms with Gasteiger partial charge < -0.3 is 9.47 Å². The quantitative estimate of drug-likeness (QED) is 0.640. The van der Waals surface area contributed by atoms with Gasteiger partial charge in [0.25, 0.3) is 5.69 Å². The number of hydrogen-bond acceptors (Lipinski definition) is 5. The second-order valence-electron chi connectivity index (χ2n) is 4.93. The van der Waals surface area contributed by atoms with E-state index in [0.29, 0.717) is 17.1 Å². The fraction of sp³-hybridized carbons (Fsp3) is 0.188. The Labute approximate surface area is 126 Å². The van der Waals surface area contributed by atoms with Gasteiger partial charge in [-0.2, -0.15) is 0 Å². The van der Waals surface area contributed by atoms with Crippen LogP contribution < -0.4 is 9.47 Å². The minimum absolute atomic E-state index is 0.00497. The molecule has 1 unspecified atom stereocenters. The molecule has 0 spiro atoms. The maximum Gasteiger partial charge on any atom is 0.269 e. The summed E-state index contributed by atoms with van der Waals surface area (Å²) in [6, 6.07) is 12.9. The van der Waals surface area contributed by atoms with Gasteiger partial charge in [-0.1, -0.05) is 12.1 Å². The summed E-state index contributed by atoms with van der Waals surface area (Å²) in [5.41, 5.74) is 0.597. The van der Waals surface area contributed by atoms with E-state index in [1.165, 1.54) is 24.3 Å². The number of fused-ring (bicyclic) bond motifs is 1. The van der Waals surface area contributed by atoms with Crippen LogP contribution in [0.4, 0.5) is 5.69 Å². The maximum atomic E-state index is 12.0. The number of ether oxygens (including phenoxy) is 2. The smallest absolute Gasteiger partial charge is 0.269 e. The van der Waals surface area contributed by atoms with Crippen LogP contribution in [0.2, 0.25) is 0 Å². The zero-order valence-corrected chi connectivity index (χ0v) is 11.6. The molecule has 0 bridgehead atoms. The van der Waals surface area contributed by atoms with E-state index in [9.17, 15) is 14.9 Å². The molecule has 0 saturated carbocycles. The molecule has 2 aromatic carbocycles. The molecule has 6 nitrogen and oxygen atoms in total. The lowest BCUT2D eigenvalue weighted by molar-refractivity contribution is -0.384. The van der Waals surface area contributed by atoms with Gasteiger partial charge in [-0.3, -0.25) is 14.9 Å². The molecule has 0 amide bonds. The Morgan fingerprint density at radius 1 is 1.18 bits per heavy atom. The SMILES string of the molecule is O=C1CC(COc2ccc([N+](=O)[O-])cc2)Oc2ccccc21. The molecule has 3 rings (SSSR count). The molecule has 1 atom stereocenters. The number of nitrogens with zero attached hydrogens (tertiary/aromatic N) is 1. The number of benzene rings is 2. The van der Waals surface area contributed by atoms with Crippen LogP contribution in [0.5, 0.6) is 11.5 Å². The maximum absolute atomic E-state index is 12.0. The number of para-hydroxylation sites is 1. The first-order valence-electron chi connectivity index (χ1n) is 6.79. The molecule has 0 aromatic heterocycles. The summed E-state index contributed by atoms with van der Waals surface area (Å²) in [7, 11) is 0. The van der Waals surface area contributed by atoms with E-state index in [1.54, 1.807) is 18.2 Å². The first-order chi connectivity index (χ1) is 10.6. The van der Waals surface area contributed by atoms with Gasteiger partial charge in [-0.15, -0.1) is 0 Å². The number of nitro groups is 1. The first-order valence-corrected chi connectivity index (χ1v) is 6.79. The van der Waals surface area contributed by atoms with E-state index >= 15 is 0 Å². The molecule has 1 aliphatic heterocycles. The topological polar surface area (TPSA) is 78.7 Å². The fourth-order valence-corrected chi connectivity index (χ4v) is 2.28. The minimum atomic E-state index is -0.469. The number of hydrogen-bond donors (Lipinski definition) is 0. The van der Waals surface area contributed by atoms with E-state index in [1.807, 2.05) is 6.07 Å². The van der Waals surface area contributed by atoms with Crippen molar-refractivity contribution < 1.29 is 19.2 Å². The lowest BCUT2D eigenvalue weighted by Crippen LogP contribution is -2.32. The van der Waals surface area contributed by atoms with Crippen molar-refractivity contribution >= 4 is 11.5 Å². The molecular formula is C16H13NO5. The van der Waals surface area contributed by atoms with Crippen molar-refractivity contribution in [2.75, 3.05) is 6.61 Å². The molecule has 112 valence electrons. The van der Waals surface area contributed by atoms with Gasteiger partial charge in [0.05, 0.1) is 16.9 Å². The number of non-ortho nitro benzene ring substituents is 1.